The van der Waals surface area contributed by atoms with E-state index in [4.69, 9.17) is 14.1 Å². The topological polar surface area (TPSA) is 117 Å². The van der Waals surface area contributed by atoms with Crippen LogP contribution in [0, 0.1) is 0 Å². The number of rotatable bonds is 5. The largest absolute Gasteiger partial charge is 0.497 e. The zero-order chi connectivity index (χ0) is 24.2. The molecular weight excluding hydrogens is 450 g/mol. The molecule has 0 spiro atoms. The fraction of sp³-hybridized carbons (Fsp3) is 0.360. The third kappa shape index (κ3) is 3.48. The average molecular weight is 476 g/mol. The number of piperidine rings is 1. The van der Waals surface area contributed by atoms with E-state index in [9.17, 15) is 14.4 Å². The van der Waals surface area contributed by atoms with E-state index in [1.54, 1.807) is 25.3 Å². The number of benzene rings is 1. The SMILES string of the molecule is COc1ccc2c(c1)C(=O)N(CC1(c3cc4nc(N5CCCCC5)ccc4o3)NC(=O)NC1=O)C2. The summed E-state index contributed by atoms with van der Waals surface area (Å²) in [6, 6.07) is 10.1. The van der Waals surface area contributed by atoms with Crippen LogP contribution in [0.25, 0.3) is 11.1 Å². The normalized spacial score (nSPS) is 21.9. The Morgan fingerprint density at radius 2 is 1.91 bits per heavy atom. The average Bonchev–Trinajstić information content (AvgIpc) is 3.53. The first-order chi connectivity index (χ1) is 17.0. The molecule has 35 heavy (non-hydrogen) atoms. The van der Waals surface area contributed by atoms with Crippen LogP contribution in [-0.2, 0) is 16.9 Å². The summed E-state index contributed by atoms with van der Waals surface area (Å²) in [5.74, 6) is 0.861. The van der Waals surface area contributed by atoms with Crippen molar-refractivity contribution in [2.75, 3.05) is 31.6 Å². The van der Waals surface area contributed by atoms with E-state index in [-0.39, 0.29) is 18.2 Å². The van der Waals surface area contributed by atoms with E-state index in [2.05, 4.69) is 15.5 Å². The highest BCUT2D eigenvalue weighted by Crippen LogP contribution is 2.35. The van der Waals surface area contributed by atoms with Crippen LogP contribution < -0.4 is 20.3 Å². The van der Waals surface area contributed by atoms with Crippen LogP contribution in [0.5, 0.6) is 5.75 Å². The quantitative estimate of drug-likeness (QED) is 0.545. The standard InChI is InChI=1S/C25H25N5O5/c1-34-16-6-5-15-13-30(22(31)17(15)11-16)14-25(23(32)27-24(33)28-25)20-12-18-19(35-20)7-8-21(26-18)29-9-3-2-4-10-29/h5-8,11-12H,2-4,9-10,13-14H2,1H3,(H2,27,28,32,33). The van der Waals surface area contributed by atoms with Crippen molar-refractivity contribution in [1.29, 1.82) is 0 Å². The number of anilines is 1. The number of carbonyl (C=O) groups is 3. The highest BCUT2D eigenvalue weighted by molar-refractivity contribution is 6.08. The number of pyridine rings is 1. The number of hydrogen-bond acceptors (Lipinski definition) is 7. The predicted molar refractivity (Wildman–Crippen MR) is 126 cm³/mol. The van der Waals surface area contributed by atoms with Crippen molar-refractivity contribution in [3.05, 3.63) is 53.3 Å². The molecule has 3 aliphatic heterocycles. The van der Waals surface area contributed by atoms with Crippen molar-refractivity contribution in [2.24, 2.45) is 0 Å². The van der Waals surface area contributed by atoms with Gasteiger partial charge in [0.25, 0.3) is 11.8 Å². The first kappa shape index (κ1) is 21.5. The van der Waals surface area contributed by atoms with Gasteiger partial charge in [-0.1, -0.05) is 6.07 Å². The Kier molecular flexibility index (Phi) is 4.91. The first-order valence-corrected chi connectivity index (χ1v) is 11.7. The molecule has 3 aliphatic rings. The van der Waals surface area contributed by atoms with E-state index in [1.165, 1.54) is 11.3 Å². The van der Waals surface area contributed by atoms with E-state index in [0.717, 1.165) is 37.3 Å². The zero-order valence-electron chi connectivity index (χ0n) is 19.3. The van der Waals surface area contributed by atoms with Crippen LogP contribution in [0.4, 0.5) is 10.6 Å². The molecule has 1 atom stereocenters. The van der Waals surface area contributed by atoms with Gasteiger partial charge in [0.15, 0.2) is 11.1 Å². The summed E-state index contributed by atoms with van der Waals surface area (Å²) in [5.41, 5.74) is 0.882. The molecule has 0 bridgehead atoms. The highest BCUT2D eigenvalue weighted by atomic mass is 16.5. The first-order valence-electron chi connectivity index (χ1n) is 11.7. The molecule has 2 saturated heterocycles. The van der Waals surface area contributed by atoms with E-state index in [0.29, 0.717) is 29.0 Å². The van der Waals surface area contributed by atoms with Crippen LogP contribution in [-0.4, -0.2) is 54.5 Å². The monoisotopic (exact) mass is 475 g/mol. The summed E-state index contributed by atoms with van der Waals surface area (Å²) in [6.07, 6.45) is 3.48. The lowest BCUT2D eigenvalue weighted by Gasteiger charge is -2.28. The lowest BCUT2D eigenvalue weighted by molar-refractivity contribution is -0.125. The summed E-state index contributed by atoms with van der Waals surface area (Å²) in [5, 5.41) is 5.03. The van der Waals surface area contributed by atoms with Crippen LogP contribution in [0.15, 0.2) is 40.8 Å². The number of ether oxygens (including phenoxy) is 1. The highest BCUT2D eigenvalue weighted by Gasteiger charge is 2.53. The zero-order valence-corrected chi connectivity index (χ0v) is 19.3. The number of amides is 4. The minimum Gasteiger partial charge on any atom is -0.497 e. The van der Waals surface area contributed by atoms with Crippen LogP contribution in [0.1, 0.15) is 40.9 Å². The number of nitrogens with zero attached hydrogens (tertiary/aromatic N) is 3. The molecule has 2 aromatic heterocycles. The molecule has 5 heterocycles. The molecule has 0 saturated carbocycles. The van der Waals surface area contributed by atoms with Crippen molar-refractivity contribution in [1.82, 2.24) is 20.5 Å². The maximum Gasteiger partial charge on any atom is 0.322 e. The van der Waals surface area contributed by atoms with Gasteiger partial charge in [-0.05, 0) is 49.1 Å². The van der Waals surface area contributed by atoms with Crippen molar-refractivity contribution in [2.45, 2.75) is 31.3 Å². The van der Waals surface area contributed by atoms with Gasteiger partial charge in [-0.3, -0.25) is 14.9 Å². The number of carbonyl (C=O) groups excluding carboxylic acids is 3. The smallest absolute Gasteiger partial charge is 0.322 e. The maximum absolute atomic E-state index is 13.2. The van der Waals surface area contributed by atoms with Gasteiger partial charge in [0.2, 0.25) is 0 Å². The van der Waals surface area contributed by atoms with E-state index >= 15 is 0 Å². The van der Waals surface area contributed by atoms with Gasteiger partial charge in [-0.2, -0.15) is 0 Å². The van der Waals surface area contributed by atoms with Crippen LogP contribution in [0.3, 0.4) is 0 Å². The Hall–Kier alpha value is -4.08. The summed E-state index contributed by atoms with van der Waals surface area (Å²) in [6.45, 7) is 2.13. The molecule has 4 amide bonds. The second-order valence-corrected chi connectivity index (χ2v) is 9.21. The molecule has 1 aromatic carbocycles. The summed E-state index contributed by atoms with van der Waals surface area (Å²) >= 11 is 0. The molecule has 180 valence electrons. The molecule has 0 radical (unpaired) electrons. The van der Waals surface area contributed by atoms with Gasteiger partial charge >= 0.3 is 6.03 Å². The third-order valence-electron chi connectivity index (χ3n) is 7.03. The molecule has 2 fully saturated rings. The number of hydrogen-bond donors (Lipinski definition) is 2. The Morgan fingerprint density at radius 1 is 1.09 bits per heavy atom. The van der Waals surface area contributed by atoms with Crippen molar-refractivity contribution in [3.8, 4) is 5.75 Å². The molecule has 6 rings (SSSR count). The van der Waals surface area contributed by atoms with Gasteiger partial charge in [-0.25, -0.2) is 9.78 Å². The minimum absolute atomic E-state index is 0.0841. The third-order valence-corrected chi connectivity index (χ3v) is 7.03. The Morgan fingerprint density at radius 3 is 2.66 bits per heavy atom. The molecular formula is C25H25N5O5. The van der Waals surface area contributed by atoms with Crippen LogP contribution >= 0.6 is 0 Å². The number of urea groups is 1. The lowest BCUT2D eigenvalue weighted by Crippen LogP contribution is -2.52. The van der Waals surface area contributed by atoms with Gasteiger partial charge < -0.3 is 24.3 Å². The Balaban J connectivity index is 1.35. The number of fused-ring (bicyclic) bond motifs is 2. The molecule has 3 aromatic rings. The number of aromatic nitrogens is 1. The van der Waals surface area contributed by atoms with Crippen LogP contribution in [0.2, 0.25) is 0 Å². The Bertz CT molecular complexity index is 1360. The number of furan rings is 1. The second-order valence-electron chi connectivity index (χ2n) is 9.21. The van der Waals surface area contributed by atoms with Crippen molar-refractivity contribution in [3.63, 3.8) is 0 Å². The maximum atomic E-state index is 13.2. The number of imide groups is 1. The molecule has 2 N–H and O–H groups in total. The van der Waals surface area contributed by atoms with Gasteiger partial charge in [-0.15, -0.1) is 0 Å². The molecule has 10 nitrogen and oxygen atoms in total. The molecule has 0 aliphatic carbocycles. The van der Waals surface area contributed by atoms with Gasteiger partial charge in [0.05, 0.1) is 13.7 Å². The predicted octanol–water partition coefficient (Wildman–Crippen LogP) is 2.52. The summed E-state index contributed by atoms with van der Waals surface area (Å²) in [7, 11) is 1.54. The van der Waals surface area contributed by atoms with E-state index < -0.39 is 17.5 Å². The number of methoxy groups -OCH3 is 1. The van der Waals surface area contributed by atoms with Crippen molar-refractivity contribution >= 4 is 34.8 Å². The fourth-order valence-electron chi connectivity index (χ4n) is 5.16. The molecule has 1 unspecified atom stereocenters. The summed E-state index contributed by atoms with van der Waals surface area (Å²) in [4.78, 5) is 47.1. The van der Waals surface area contributed by atoms with Gasteiger partial charge in [0.1, 0.15) is 22.8 Å². The second kappa shape index (κ2) is 8.00. The summed E-state index contributed by atoms with van der Waals surface area (Å²) < 4.78 is 11.3. The van der Waals surface area contributed by atoms with E-state index in [1.807, 2.05) is 18.2 Å². The number of nitrogens with one attached hydrogen (secondary N) is 2. The lowest BCUT2D eigenvalue weighted by atomic mass is 9.95. The minimum atomic E-state index is -1.56. The van der Waals surface area contributed by atoms with Crippen molar-refractivity contribution < 1.29 is 23.5 Å². The molecule has 10 heteroatoms. The van der Waals surface area contributed by atoms with Gasteiger partial charge in [0, 0.05) is 31.3 Å². The fourth-order valence-corrected chi connectivity index (χ4v) is 5.16. The Labute approximate surface area is 201 Å².